The molecule has 19 heavy (non-hydrogen) atoms. The standard InChI is InChI=1S/C12H19O6P/c1-7-12(4,8-2)17-11(13)9-10(3)18-19(14,15-5)16-6/h1,9H,8H2,2-6H3/b10-9-. The first kappa shape index (κ1) is 17.7. The van der Waals surface area contributed by atoms with E-state index in [4.69, 9.17) is 15.7 Å². The molecule has 0 amide bonds. The molecule has 0 aromatic carbocycles. The van der Waals surface area contributed by atoms with Gasteiger partial charge in [-0.25, -0.2) is 9.36 Å². The zero-order chi connectivity index (χ0) is 15.1. The van der Waals surface area contributed by atoms with Crippen molar-refractivity contribution in [1.29, 1.82) is 0 Å². The Morgan fingerprint density at radius 1 is 1.42 bits per heavy atom. The average Bonchev–Trinajstić information content (AvgIpc) is 2.37. The summed E-state index contributed by atoms with van der Waals surface area (Å²) in [5.74, 6) is 1.72. The van der Waals surface area contributed by atoms with Crippen LogP contribution in [0.1, 0.15) is 27.2 Å². The number of allylic oxidation sites excluding steroid dienone is 1. The monoisotopic (exact) mass is 290 g/mol. The van der Waals surface area contributed by atoms with Crippen molar-refractivity contribution in [1.82, 2.24) is 0 Å². The van der Waals surface area contributed by atoms with Crippen LogP contribution in [-0.2, 0) is 27.7 Å². The third-order valence-electron chi connectivity index (χ3n) is 2.33. The first-order valence-corrected chi connectivity index (χ1v) is 7.00. The summed E-state index contributed by atoms with van der Waals surface area (Å²) in [6.45, 7) is 4.83. The van der Waals surface area contributed by atoms with E-state index in [1.165, 1.54) is 21.1 Å². The van der Waals surface area contributed by atoms with Crippen LogP contribution < -0.4 is 0 Å². The van der Waals surface area contributed by atoms with Gasteiger partial charge in [-0.05, 0) is 20.3 Å². The summed E-state index contributed by atoms with van der Waals surface area (Å²) in [6.07, 6.45) is 6.77. The Bertz CT molecular complexity index is 428. The molecule has 0 spiro atoms. The Kier molecular flexibility index (Phi) is 6.85. The second kappa shape index (κ2) is 7.34. The molecule has 0 aliphatic heterocycles. The lowest BCUT2D eigenvalue weighted by Gasteiger charge is -2.21. The normalized spacial score (nSPS) is 15.3. The van der Waals surface area contributed by atoms with Crippen LogP contribution in [-0.4, -0.2) is 25.8 Å². The predicted octanol–water partition coefficient (Wildman–Crippen LogP) is 2.65. The Labute approximate surface area is 113 Å². The molecule has 1 atom stereocenters. The predicted molar refractivity (Wildman–Crippen MR) is 70.1 cm³/mol. The zero-order valence-electron chi connectivity index (χ0n) is 11.8. The number of carbonyl (C=O) groups is 1. The number of rotatable bonds is 7. The van der Waals surface area contributed by atoms with E-state index in [2.05, 4.69) is 15.0 Å². The lowest BCUT2D eigenvalue weighted by atomic mass is 10.1. The van der Waals surface area contributed by atoms with E-state index < -0.39 is 19.4 Å². The molecule has 108 valence electrons. The summed E-state index contributed by atoms with van der Waals surface area (Å²) in [7, 11) is -1.34. The topological polar surface area (TPSA) is 71.1 Å². The number of terminal acetylenes is 1. The molecule has 0 aliphatic carbocycles. The fourth-order valence-electron chi connectivity index (χ4n) is 0.973. The zero-order valence-corrected chi connectivity index (χ0v) is 12.7. The molecule has 0 rings (SSSR count). The van der Waals surface area contributed by atoms with Gasteiger partial charge in [0.2, 0.25) is 0 Å². The second-order valence-corrected chi connectivity index (χ2v) is 5.62. The van der Waals surface area contributed by atoms with Crippen LogP contribution in [0.4, 0.5) is 0 Å². The van der Waals surface area contributed by atoms with Gasteiger partial charge in [0.15, 0.2) is 5.60 Å². The Balaban J connectivity index is 4.75. The first-order chi connectivity index (χ1) is 8.74. The molecule has 0 N–H and O–H groups in total. The third kappa shape index (κ3) is 5.93. The fraction of sp³-hybridized carbons (Fsp3) is 0.583. The summed E-state index contributed by atoms with van der Waals surface area (Å²) < 4.78 is 30.8. The van der Waals surface area contributed by atoms with Gasteiger partial charge in [-0.15, -0.1) is 6.42 Å². The molecule has 6 nitrogen and oxygen atoms in total. The number of hydrogen-bond acceptors (Lipinski definition) is 6. The smallest absolute Gasteiger partial charge is 0.443 e. The molecule has 0 heterocycles. The van der Waals surface area contributed by atoms with Gasteiger partial charge in [0, 0.05) is 14.2 Å². The Morgan fingerprint density at radius 2 is 1.95 bits per heavy atom. The number of esters is 1. The number of carbonyl (C=O) groups excluding carboxylic acids is 1. The largest absolute Gasteiger partial charge is 0.529 e. The van der Waals surface area contributed by atoms with Crippen LogP contribution in [0.15, 0.2) is 11.8 Å². The molecule has 0 saturated carbocycles. The molecule has 0 aromatic rings. The number of hydrogen-bond donors (Lipinski definition) is 0. The van der Waals surface area contributed by atoms with Crippen LogP contribution >= 0.6 is 7.82 Å². The third-order valence-corrected chi connectivity index (χ3v) is 3.74. The van der Waals surface area contributed by atoms with Gasteiger partial charge in [0.05, 0.1) is 6.08 Å². The van der Waals surface area contributed by atoms with Gasteiger partial charge >= 0.3 is 13.8 Å². The van der Waals surface area contributed by atoms with Crippen molar-refractivity contribution in [3.05, 3.63) is 11.8 Å². The number of phosphoric acid groups is 1. The molecular formula is C12H19O6P. The highest BCUT2D eigenvalue weighted by Crippen LogP contribution is 2.49. The summed E-state index contributed by atoms with van der Waals surface area (Å²) >= 11 is 0. The Hall–Kier alpha value is -1.28. The molecule has 1 unspecified atom stereocenters. The second-order valence-electron chi connectivity index (χ2n) is 3.81. The van der Waals surface area contributed by atoms with Crippen molar-refractivity contribution in [2.45, 2.75) is 32.8 Å². The maximum absolute atomic E-state index is 11.6. The van der Waals surface area contributed by atoms with E-state index in [-0.39, 0.29) is 5.76 Å². The van der Waals surface area contributed by atoms with Crippen LogP contribution in [0.25, 0.3) is 0 Å². The van der Waals surface area contributed by atoms with Gasteiger partial charge in [0.1, 0.15) is 5.76 Å². The van der Waals surface area contributed by atoms with Gasteiger partial charge < -0.3 is 9.26 Å². The van der Waals surface area contributed by atoms with Crippen molar-refractivity contribution in [3.8, 4) is 12.3 Å². The van der Waals surface area contributed by atoms with Crippen LogP contribution in [0.3, 0.4) is 0 Å². The number of phosphoric ester groups is 1. The highest BCUT2D eigenvalue weighted by Gasteiger charge is 2.26. The summed E-state index contributed by atoms with van der Waals surface area (Å²) in [5, 5.41) is 0. The number of ether oxygens (including phenoxy) is 1. The highest BCUT2D eigenvalue weighted by molar-refractivity contribution is 7.48. The summed E-state index contributed by atoms with van der Waals surface area (Å²) in [6, 6.07) is 0. The van der Waals surface area contributed by atoms with Crippen LogP contribution in [0, 0.1) is 12.3 Å². The van der Waals surface area contributed by atoms with Gasteiger partial charge in [0.25, 0.3) is 0 Å². The molecule has 0 fully saturated rings. The molecule has 0 saturated heterocycles. The van der Waals surface area contributed by atoms with Gasteiger partial charge in [-0.2, -0.15) is 0 Å². The van der Waals surface area contributed by atoms with E-state index in [0.29, 0.717) is 6.42 Å². The van der Waals surface area contributed by atoms with Crippen molar-refractivity contribution in [2.24, 2.45) is 0 Å². The van der Waals surface area contributed by atoms with E-state index in [0.717, 1.165) is 6.08 Å². The molecule has 0 bridgehead atoms. The molecule has 0 radical (unpaired) electrons. The summed E-state index contributed by atoms with van der Waals surface area (Å²) in [5.41, 5.74) is -0.986. The highest BCUT2D eigenvalue weighted by atomic mass is 31.2. The Morgan fingerprint density at radius 3 is 2.32 bits per heavy atom. The minimum Gasteiger partial charge on any atom is -0.443 e. The van der Waals surface area contributed by atoms with Gasteiger partial charge in [-0.1, -0.05) is 12.8 Å². The SMILES string of the molecule is C#CC(C)(CC)OC(=O)/C=C(/C)OP(=O)(OC)OC. The van der Waals surface area contributed by atoms with E-state index in [1.54, 1.807) is 13.8 Å². The lowest BCUT2D eigenvalue weighted by Crippen LogP contribution is -2.28. The average molecular weight is 290 g/mol. The van der Waals surface area contributed by atoms with Crippen molar-refractivity contribution < 1.29 is 27.7 Å². The minimum atomic E-state index is -3.67. The van der Waals surface area contributed by atoms with E-state index in [1.807, 2.05) is 0 Å². The lowest BCUT2D eigenvalue weighted by molar-refractivity contribution is -0.147. The van der Waals surface area contributed by atoms with Crippen LogP contribution in [0.2, 0.25) is 0 Å². The minimum absolute atomic E-state index is 0.0347. The van der Waals surface area contributed by atoms with E-state index in [9.17, 15) is 9.36 Å². The van der Waals surface area contributed by atoms with Crippen molar-refractivity contribution in [2.75, 3.05) is 14.2 Å². The maximum atomic E-state index is 11.6. The first-order valence-electron chi connectivity index (χ1n) is 5.54. The van der Waals surface area contributed by atoms with Crippen molar-refractivity contribution in [3.63, 3.8) is 0 Å². The van der Waals surface area contributed by atoms with Crippen LogP contribution in [0.5, 0.6) is 0 Å². The maximum Gasteiger partial charge on any atom is 0.529 e. The molecule has 0 aliphatic rings. The quantitative estimate of drug-likeness (QED) is 0.236. The molecule has 7 heteroatoms. The van der Waals surface area contributed by atoms with Gasteiger partial charge in [-0.3, -0.25) is 9.05 Å². The van der Waals surface area contributed by atoms with Crippen molar-refractivity contribution >= 4 is 13.8 Å². The molecular weight excluding hydrogens is 271 g/mol. The summed E-state index contributed by atoms with van der Waals surface area (Å²) in [4.78, 5) is 11.6. The van der Waals surface area contributed by atoms with E-state index >= 15 is 0 Å². The fourth-order valence-corrected chi connectivity index (χ4v) is 1.68. The molecule has 0 aromatic heterocycles.